The molecule has 0 spiro atoms. The molecule has 0 aliphatic rings. The van der Waals surface area contributed by atoms with Gasteiger partial charge in [0.05, 0.1) is 12.2 Å². The van der Waals surface area contributed by atoms with Crippen LogP contribution in [0, 0.1) is 0 Å². The van der Waals surface area contributed by atoms with Crippen LogP contribution >= 0.6 is 0 Å². The minimum absolute atomic E-state index is 0.0676. The number of hydrogen-bond donors (Lipinski definition) is 1. The fourth-order valence-corrected chi connectivity index (χ4v) is 1.01. The van der Waals surface area contributed by atoms with E-state index in [0.29, 0.717) is 13.0 Å². The maximum atomic E-state index is 11.8. The van der Waals surface area contributed by atoms with Gasteiger partial charge >= 0.3 is 6.18 Å². The molecule has 0 aromatic heterocycles. The Hall–Kier alpha value is -0.290. The van der Waals surface area contributed by atoms with Crippen LogP contribution < -0.4 is 5.73 Å². The summed E-state index contributed by atoms with van der Waals surface area (Å²) in [4.78, 5) is 0. The number of hydrogen-bond acceptors (Lipinski definition) is 2. The lowest BCUT2D eigenvalue weighted by Crippen LogP contribution is -2.32. The fourth-order valence-electron chi connectivity index (χ4n) is 1.01. The van der Waals surface area contributed by atoms with Crippen LogP contribution in [-0.4, -0.2) is 24.4 Å². The lowest BCUT2D eigenvalue weighted by molar-refractivity contribution is -0.136. The molecule has 0 saturated heterocycles. The first kappa shape index (κ1) is 14.7. The van der Waals surface area contributed by atoms with E-state index >= 15 is 0 Å². The predicted octanol–water partition coefficient (Wildman–Crippen LogP) is 2.86. The molecular weight excluding hydrogens is 207 g/mol. The van der Waals surface area contributed by atoms with Gasteiger partial charge in [0.2, 0.25) is 0 Å². The van der Waals surface area contributed by atoms with E-state index in [1.807, 2.05) is 20.8 Å². The van der Waals surface area contributed by atoms with E-state index in [2.05, 4.69) is 0 Å². The summed E-state index contributed by atoms with van der Waals surface area (Å²) in [6.07, 6.45) is -4.44. The monoisotopic (exact) mass is 227 g/mol. The number of alkyl halides is 3. The van der Waals surface area contributed by atoms with Crippen LogP contribution in [0.1, 0.15) is 40.0 Å². The highest BCUT2D eigenvalue weighted by Gasteiger charge is 2.26. The summed E-state index contributed by atoms with van der Waals surface area (Å²) in [5, 5.41) is 0. The second-order valence-corrected chi connectivity index (χ2v) is 4.69. The quantitative estimate of drug-likeness (QED) is 0.783. The maximum absolute atomic E-state index is 11.8. The average molecular weight is 227 g/mol. The van der Waals surface area contributed by atoms with Crippen LogP contribution in [0.15, 0.2) is 0 Å². The Morgan fingerprint density at radius 2 is 1.73 bits per heavy atom. The third kappa shape index (κ3) is 11.6. The molecule has 0 saturated carbocycles. The first-order chi connectivity index (χ1) is 6.60. The van der Waals surface area contributed by atoms with Crippen molar-refractivity contribution >= 4 is 0 Å². The summed E-state index contributed by atoms with van der Waals surface area (Å²) in [5.74, 6) is 0. The summed E-state index contributed by atoms with van der Waals surface area (Å²) >= 11 is 0. The van der Waals surface area contributed by atoms with Gasteiger partial charge in [-0.3, -0.25) is 0 Å². The third-order valence-corrected chi connectivity index (χ3v) is 1.77. The predicted molar refractivity (Wildman–Crippen MR) is 53.6 cm³/mol. The van der Waals surface area contributed by atoms with Gasteiger partial charge in [0.15, 0.2) is 0 Å². The Kier molecular flexibility index (Phi) is 5.59. The fraction of sp³-hybridized carbons (Fsp3) is 1.00. The summed E-state index contributed by atoms with van der Waals surface area (Å²) in [5.41, 5.74) is 5.33. The normalized spacial score (nSPS) is 15.4. The number of nitrogens with two attached hydrogens (primary N) is 1. The largest absolute Gasteiger partial charge is 0.389 e. The molecule has 1 atom stereocenters. The molecule has 0 radical (unpaired) electrons. The molecule has 0 aliphatic carbocycles. The van der Waals surface area contributed by atoms with Gasteiger partial charge in [0.25, 0.3) is 0 Å². The Bertz CT molecular complexity index is 174. The van der Waals surface area contributed by atoms with Gasteiger partial charge in [-0.2, -0.15) is 13.2 Å². The molecule has 5 heteroatoms. The van der Waals surface area contributed by atoms with Crippen LogP contribution in [0.5, 0.6) is 0 Å². The molecule has 0 rings (SSSR count). The second kappa shape index (κ2) is 5.70. The molecule has 2 nitrogen and oxygen atoms in total. The van der Waals surface area contributed by atoms with Crippen molar-refractivity contribution in [2.45, 2.75) is 57.9 Å². The van der Waals surface area contributed by atoms with Gasteiger partial charge in [0.1, 0.15) is 0 Å². The van der Waals surface area contributed by atoms with Crippen molar-refractivity contribution in [1.82, 2.24) is 0 Å². The minimum atomic E-state index is -4.08. The van der Waals surface area contributed by atoms with Crippen LogP contribution in [0.3, 0.4) is 0 Å². The van der Waals surface area contributed by atoms with Crippen LogP contribution in [0.2, 0.25) is 0 Å². The van der Waals surface area contributed by atoms with Gasteiger partial charge in [-0.1, -0.05) is 0 Å². The molecule has 92 valence electrons. The first-order valence-electron chi connectivity index (χ1n) is 5.06. The van der Waals surface area contributed by atoms with Gasteiger partial charge < -0.3 is 10.5 Å². The molecule has 0 bridgehead atoms. The zero-order valence-corrected chi connectivity index (χ0v) is 9.53. The molecule has 0 aromatic rings. The van der Waals surface area contributed by atoms with Gasteiger partial charge in [0, 0.05) is 12.5 Å². The Morgan fingerprint density at radius 3 is 2.13 bits per heavy atom. The molecule has 1 unspecified atom stereocenters. The zero-order chi connectivity index (χ0) is 12.1. The standard InChI is InChI=1S/C10H20F3NO/c1-9(2,3)15-7-8(14)5-4-6-10(11,12)13/h8H,4-7,14H2,1-3H3. The number of ether oxygens (including phenoxy) is 1. The lowest BCUT2D eigenvalue weighted by atomic mass is 10.1. The van der Waals surface area contributed by atoms with Gasteiger partial charge in [-0.05, 0) is 33.6 Å². The summed E-state index contributed by atoms with van der Waals surface area (Å²) in [6, 6.07) is -0.313. The van der Waals surface area contributed by atoms with Crippen LogP contribution in [-0.2, 0) is 4.74 Å². The summed E-state index contributed by atoms with van der Waals surface area (Å²) in [6.45, 7) is 5.96. The van der Waals surface area contributed by atoms with Crippen molar-refractivity contribution < 1.29 is 17.9 Å². The van der Waals surface area contributed by atoms with Crippen molar-refractivity contribution in [2.75, 3.05) is 6.61 Å². The highest BCUT2D eigenvalue weighted by molar-refractivity contribution is 4.66. The Morgan fingerprint density at radius 1 is 1.20 bits per heavy atom. The summed E-state index contributed by atoms with van der Waals surface area (Å²) in [7, 11) is 0. The highest BCUT2D eigenvalue weighted by Crippen LogP contribution is 2.22. The molecule has 0 heterocycles. The van der Waals surface area contributed by atoms with E-state index in [1.165, 1.54) is 0 Å². The molecule has 0 aliphatic heterocycles. The van der Waals surface area contributed by atoms with E-state index in [4.69, 9.17) is 10.5 Å². The summed E-state index contributed by atoms with van der Waals surface area (Å²) < 4.78 is 40.8. The van der Waals surface area contributed by atoms with Crippen molar-refractivity contribution in [3.8, 4) is 0 Å². The number of halogens is 3. The van der Waals surface area contributed by atoms with Gasteiger partial charge in [-0.15, -0.1) is 0 Å². The molecule has 0 fully saturated rings. The van der Waals surface area contributed by atoms with E-state index in [-0.39, 0.29) is 18.1 Å². The van der Waals surface area contributed by atoms with Crippen LogP contribution in [0.4, 0.5) is 13.2 Å². The van der Waals surface area contributed by atoms with Crippen molar-refractivity contribution in [2.24, 2.45) is 5.73 Å². The lowest BCUT2D eigenvalue weighted by Gasteiger charge is -2.22. The molecular formula is C10H20F3NO. The highest BCUT2D eigenvalue weighted by atomic mass is 19.4. The minimum Gasteiger partial charge on any atom is -0.374 e. The van der Waals surface area contributed by atoms with Crippen LogP contribution in [0.25, 0.3) is 0 Å². The second-order valence-electron chi connectivity index (χ2n) is 4.69. The average Bonchev–Trinajstić information content (AvgIpc) is 1.97. The van der Waals surface area contributed by atoms with Crippen molar-refractivity contribution in [1.29, 1.82) is 0 Å². The Labute approximate surface area is 89.0 Å². The SMILES string of the molecule is CC(C)(C)OCC(N)CCCC(F)(F)F. The molecule has 0 amide bonds. The van der Waals surface area contributed by atoms with E-state index in [1.54, 1.807) is 0 Å². The smallest absolute Gasteiger partial charge is 0.374 e. The topological polar surface area (TPSA) is 35.2 Å². The van der Waals surface area contributed by atoms with E-state index in [9.17, 15) is 13.2 Å². The maximum Gasteiger partial charge on any atom is 0.389 e. The van der Waals surface area contributed by atoms with Crippen molar-refractivity contribution in [3.63, 3.8) is 0 Å². The third-order valence-electron chi connectivity index (χ3n) is 1.77. The molecule has 0 aromatic carbocycles. The Balaban J connectivity index is 3.54. The number of rotatable bonds is 5. The van der Waals surface area contributed by atoms with Gasteiger partial charge in [-0.25, -0.2) is 0 Å². The van der Waals surface area contributed by atoms with Crippen molar-refractivity contribution in [3.05, 3.63) is 0 Å². The first-order valence-corrected chi connectivity index (χ1v) is 5.06. The van der Waals surface area contributed by atoms with E-state index < -0.39 is 12.6 Å². The molecule has 15 heavy (non-hydrogen) atoms. The molecule has 2 N–H and O–H groups in total. The van der Waals surface area contributed by atoms with E-state index in [0.717, 1.165) is 0 Å². The zero-order valence-electron chi connectivity index (χ0n) is 9.53.